The van der Waals surface area contributed by atoms with E-state index in [-0.39, 0.29) is 42.1 Å². The minimum absolute atomic E-state index is 0.0822. The van der Waals surface area contributed by atoms with Gasteiger partial charge in [-0.05, 0) is 25.7 Å². The zero-order chi connectivity index (χ0) is 14.8. The summed E-state index contributed by atoms with van der Waals surface area (Å²) in [6.07, 6.45) is 9.19. The van der Waals surface area contributed by atoms with Crippen LogP contribution < -0.4 is 5.32 Å². The van der Waals surface area contributed by atoms with Gasteiger partial charge in [-0.15, -0.1) is 0 Å². The summed E-state index contributed by atoms with van der Waals surface area (Å²) in [5, 5.41) is 2.98. The first-order chi connectivity index (χ1) is 10.2. The maximum absolute atomic E-state index is 12.3. The number of carbonyl (C=O) groups is 3. The molecule has 2 aliphatic carbocycles. The van der Waals surface area contributed by atoms with E-state index in [4.69, 9.17) is 0 Å². The Labute approximate surface area is 125 Å². The Morgan fingerprint density at radius 3 is 2.00 bits per heavy atom. The van der Waals surface area contributed by atoms with Crippen LogP contribution in [0.15, 0.2) is 0 Å². The molecule has 1 saturated heterocycles. The highest BCUT2D eigenvalue weighted by molar-refractivity contribution is 6.07. The van der Waals surface area contributed by atoms with E-state index < -0.39 is 0 Å². The predicted octanol–water partition coefficient (Wildman–Crippen LogP) is 1.61. The third-order valence-corrected chi connectivity index (χ3v) is 5.20. The molecular formula is C16H24N2O3. The molecule has 0 aromatic carbocycles. The first-order valence-electron chi connectivity index (χ1n) is 8.31. The molecule has 21 heavy (non-hydrogen) atoms. The van der Waals surface area contributed by atoms with Gasteiger partial charge in [0.15, 0.2) is 0 Å². The summed E-state index contributed by atoms with van der Waals surface area (Å²) >= 11 is 0. The van der Waals surface area contributed by atoms with Crippen molar-refractivity contribution in [3.8, 4) is 0 Å². The average Bonchev–Trinajstić information content (AvgIpc) is 2.74. The molecule has 3 rings (SSSR count). The third kappa shape index (κ3) is 2.97. The highest BCUT2D eigenvalue weighted by Gasteiger charge is 2.48. The average molecular weight is 292 g/mol. The molecule has 2 saturated carbocycles. The number of carbonyl (C=O) groups excluding carboxylic acids is 3. The Bertz CT molecular complexity index is 419. The molecule has 3 fully saturated rings. The Morgan fingerprint density at radius 1 is 0.905 bits per heavy atom. The number of likely N-dealkylation sites (tertiary alicyclic amines) is 1. The fraction of sp³-hybridized carbons (Fsp3) is 0.812. The van der Waals surface area contributed by atoms with Gasteiger partial charge in [-0.2, -0.15) is 0 Å². The van der Waals surface area contributed by atoms with Crippen LogP contribution in [0, 0.1) is 11.8 Å². The molecule has 3 amide bonds. The number of amides is 3. The molecule has 0 spiro atoms. The van der Waals surface area contributed by atoms with E-state index in [9.17, 15) is 14.4 Å². The summed E-state index contributed by atoms with van der Waals surface area (Å²) < 4.78 is 0. The molecule has 0 aromatic heterocycles. The highest BCUT2D eigenvalue weighted by Crippen LogP contribution is 2.37. The van der Waals surface area contributed by atoms with Crippen molar-refractivity contribution in [1.29, 1.82) is 0 Å². The maximum Gasteiger partial charge on any atom is 0.240 e. The Hall–Kier alpha value is -1.39. The van der Waals surface area contributed by atoms with E-state index in [1.807, 2.05) is 0 Å². The first kappa shape index (κ1) is 14.5. The summed E-state index contributed by atoms with van der Waals surface area (Å²) in [6.45, 7) is -0.0822. The molecule has 2 atom stereocenters. The van der Waals surface area contributed by atoms with Crippen LogP contribution in [0.25, 0.3) is 0 Å². The standard InChI is InChI=1S/C16H24N2O3/c19-14(17-11-6-2-1-3-7-11)10-18-15(20)12-8-4-5-9-13(12)16(18)21/h11-13H,1-10H2,(H,17,19)/t12-,13-/m0/s1. The monoisotopic (exact) mass is 292 g/mol. The van der Waals surface area contributed by atoms with Crippen molar-refractivity contribution in [2.24, 2.45) is 11.8 Å². The van der Waals surface area contributed by atoms with Crippen LogP contribution in [0.3, 0.4) is 0 Å². The lowest BCUT2D eigenvalue weighted by Crippen LogP contribution is -2.45. The molecule has 1 N–H and O–H groups in total. The quantitative estimate of drug-likeness (QED) is 0.804. The molecule has 0 aromatic rings. The molecule has 0 unspecified atom stereocenters. The van der Waals surface area contributed by atoms with E-state index in [1.165, 1.54) is 11.3 Å². The lowest BCUT2D eigenvalue weighted by molar-refractivity contribution is -0.143. The van der Waals surface area contributed by atoms with Crippen LogP contribution in [0.5, 0.6) is 0 Å². The fourth-order valence-corrected chi connectivity index (χ4v) is 4.05. The van der Waals surface area contributed by atoms with Gasteiger partial charge in [0.05, 0.1) is 11.8 Å². The molecule has 5 nitrogen and oxygen atoms in total. The third-order valence-electron chi connectivity index (χ3n) is 5.20. The molecular weight excluding hydrogens is 268 g/mol. The van der Waals surface area contributed by atoms with Gasteiger partial charge < -0.3 is 5.32 Å². The second-order valence-corrected chi connectivity index (χ2v) is 6.66. The number of hydrogen-bond donors (Lipinski definition) is 1. The topological polar surface area (TPSA) is 66.5 Å². The van der Waals surface area contributed by atoms with Crippen molar-refractivity contribution in [2.45, 2.75) is 63.8 Å². The second kappa shape index (κ2) is 6.16. The number of rotatable bonds is 3. The van der Waals surface area contributed by atoms with Crippen LogP contribution in [-0.4, -0.2) is 35.2 Å². The summed E-state index contributed by atoms with van der Waals surface area (Å²) in [5.41, 5.74) is 0. The molecule has 5 heteroatoms. The highest BCUT2D eigenvalue weighted by atomic mass is 16.2. The number of nitrogens with zero attached hydrogens (tertiary/aromatic N) is 1. The maximum atomic E-state index is 12.3. The lowest BCUT2D eigenvalue weighted by atomic mass is 9.81. The van der Waals surface area contributed by atoms with E-state index in [0.29, 0.717) is 0 Å². The van der Waals surface area contributed by atoms with Gasteiger partial charge in [0.25, 0.3) is 0 Å². The van der Waals surface area contributed by atoms with Crippen molar-refractivity contribution in [3.63, 3.8) is 0 Å². The molecule has 0 bridgehead atoms. The summed E-state index contributed by atoms with van der Waals surface area (Å²) in [7, 11) is 0. The van der Waals surface area contributed by atoms with Gasteiger partial charge in [0.2, 0.25) is 17.7 Å². The van der Waals surface area contributed by atoms with Crippen LogP contribution in [0.2, 0.25) is 0 Å². The predicted molar refractivity (Wildman–Crippen MR) is 77.2 cm³/mol. The number of imide groups is 1. The lowest BCUT2D eigenvalue weighted by Gasteiger charge is -2.24. The molecule has 116 valence electrons. The SMILES string of the molecule is O=C(CN1C(=O)[C@H]2CCCC[C@@H]2C1=O)NC1CCCCC1. The number of fused-ring (bicyclic) bond motifs is 1. The molecule has 1 aliphatic heterocycles. The van der Waals surface area contributed by atoms with Gasteiger partial charge >= 0.3 is 0 Å². The van der Waals surface area contributed by atoms with Crippen LogP contribution in [-0.2, 0) is 14.4 Å². The van der Waals surface area contributed by atoms with Crippen LogP contribution in [0.1, 0.15) is 57.8 Å². The first-order valence-corrected chi connectivity index (χ1v) is 8.31. The smallest absolute Gasteiger partial charge is 0.240 e. The zero-order valence-electron chi connectivity index (χ0n) is 12.5. The summed E-state index contributed by atoms with van der Waals surface area (Å²) in [6, 6.07) is 0.223. The Kier molecular flexibility index (Phi) is 4.27. The Balaban J connectivity index is 1.57. The summed E-state index contributed by atoms with van der Waals surface area (Å²) in [4.78, 5) is 37.9. The van der Waals surface area contributed by atoms with E-state index in [2.05, 4.69) is 5.32 Å². The molecule has 3 aliphatic rings. The molecule has 1 heterocycles. The normalized spacial score (nSPS) is 30.4. The van der Waals surface area contributed by atoms with E-state index >= 15 is 0 Å². The van der Waals surface area contributed by atoms with Crippen LogP contribution >= 0.6 is 0 Å². The van der Waals surface area contributed by atoms with E-state index in [1.54, 1.807) is 0 Å². The zero-order valence-corrected chi connectivity index (χ0v) is 12.5. The van der Waals surface area contributed by atoms with Gasteiger partial charge in [-0.1, -0.05) is 32.1 Å². The van der Waals surface area contributed by atoms with Gasteiger partial charge in [0.1, 0.15) is 6.54 Å². The van der Waals surface area contributed by atoms with Crippen molar-refractivity contribution in [3.05, 3.63) is 0 Å². The van der Waals surface area contributed by atoms with E-state index in [0.717, 1.165) is 51.4 Å². The minimum atomic E-state index is -0.178. The van der Waals surface area contributed by atoms with Crippen molar-refractivity contribution in [1.82, 2.24) is 10.2 Å². The van der Waals surface area contributed by atoms with Crippen molar-refractivity contribution in [2.75, 3.05) is 6.54 Å². The van der Waals surface area contributed by atoms with Crippen molar-refractivity contribution < 1.29 is 14.4 Å². The largest absolute Gasteiger partial charge is 0.352 e. The number of hydrogen-bond acceptors (Lipinski definition) is 3. The minimum Gasteiger partial charge on any atom is -0.352 e. The second-order valence-electron chi connectivity index (χ2n) is 6.66. The van der Waals surface area contributed by atoms with Crippen molar-refractivity contribution >= 4 is 17.7 Å². The molecule has 0 radical (unpaired) electrons. The number of nitrogens with one attached hydrogen (secondary N) is 1. The fourth-order valence-electron chi connectivity index (χ4n) is 4.05. The van der Waals surface area contributed by atoms with Gasteiger partial charge in [0, 0.05) is 6.04 Å². The summed E-state index contributed by atoms with van der Waals surface area (Å²) in [5.74, 6) is -0.739. The van der Waals surface area contributed by atoms with Crippen LogP contribution in [0.4, 0.5) is 0 Å². The van der Waals surface area contributed by atoms with Gasteiger partial charge in [-0.3, -0.25) is 19.3 Å². The van der Waals surface area contributed by atoms with Gasteiger partial charge in [-0.25, -0.2) is 0 Å². The Morgan fingerprint density at radius 2 is 1.43 bits per heavy atom.